The zero-order chi connectivity index (χ0) is 29.7. The van der Waals surface area contributed by atoms with E-state index in [1.54, 1.807) is 37.4 Å². The summed E-state index contributed by atoms with van der Waals surface area (Å²) in [5.41, 5.74) is -1.14. The van der Waals surface area contributed by atoms with Gasteiger partial charge in [0.15, 0.2) is 12.2 Å². The van der Waals surface area contributed by atoms with Crippen LogP contribution in [0, 0.1) is 0 Å². The van der Waals surface area contributed by atoms with E-state index in [0.717, 1.165) is 19.2 Å². The van der Waals surface area contributed by atoms with E-state index in [-0.39, 0.29) is 23.5 Å². The van der Waals surface area contributed by atoms with Crippen molar-refractivity contribution in [2.45, 2.75) is 56.3 Å². The molecule has 1 unspecified atom stereocenters. The van der Waals surface area contributed by atoms with Crippen LogP contribution in [0.3, 0.4) is 0 Å². The highest BCUT2D eigenvalue weighted by Gasteiger charge is 2.59. The standard InChI is InChI=1S/C24H30F2N5O9P/c1-14(21(34)39-29-41(36)40-15-7-4-3-5-8-15)37-13-17-19(32)24(25,26)22(38-17)31-12-10-18(28-23(31)35)27-20(33)16-9-6-11-30(16)2/h3-5,7-8,10,12,14,16-17,19,22,32,41H,6,9,11,13H2,1-2H3,(H,29,36)(H,27,28,33,35)/t14-,16-,17+,19+,22+/m0/s1. The molecule has 2 aliphatic heterocycles. The average Bonchev–Trinajstić information content (AvgIpc) is 3.46. The Hall–Kier alpha value is -3.27. The number of aliphatic hydroxyl groups is 1. The van der Waals surface area contributed by atoms with Gasteiger partial charge in [-0.15, -0.1) is 0 Å². The van der Waals surface area contributed by atoms with E-state index in [2.05, 4.69) is 15.1 Å². The second-order valence-electron chi connectivity index (χ2n) is 9.48. The van der Waals surface area contributed by atoms with E-state index in [4.69, 9.17) is 14.0 Å². The zero-order valence-corrected chi connectivity index (χ0v) is 23.1. The third-order valence-electron chi connectivity index (χ3n) is 6.57. The van der Waals surface area contributed by atoms with E-state index >= 15 is 0 Å². The number of para-hydroxylation sites is 1. The van der Waals surface area contributed by atoms with Gasteiger partial charge in [0.1, 0.15) is 17.7 Å². The quantitative estimate of drug-likeness (QED) is 0.248. The molecule has 2 saturated heterocycles. The Morgan fingerprint density at radius 2 is 2.02 bits per heavy atom. The maximum atomic E-state index is 14.9. The third kappa shape index (κ3) is 7.33. The van der Waals surface area contributed by atoms with Crippen molar-refractivity contribution in [3.63, 3.8) is 0 Å². The molecular weight excluding hydrogens is 571 g/mol. The van der Waals surface area contributed by atoms with E-state index in [9.17, 15) is 32.8 Å². The molecule has 14 nitrogen and oxygen atoms in total. The van der Waals surface area contributed by atoms with Crippen molar-refractivity contribution >= 4 is 25.9 Å². The van der Waals surface area contributed by atoms with Crippen LogP contribution in [0.4, 0.5) is 14.6 Å². The average molecular weight is 602 g/mol. The molecule has 0 bridgehead atoms. The zero-order valence-electron chi connectivity index (χ0n) is 22.1. The van der Waals surface area contributed by atoms with Crippen molar-refractivity contribution in [3.05, 3.63) is 53.1 Å². The Labute approximate surface area is 233 Å². The van der Waals surface area contributed by atoms with Crippen LogP contribution in [0.1, 0.15) is 26.0 Å². The molecule has 1 aromatic carbocycles. The van der Waals surface area contributed by atoms with Crippen molar-refractivity contribution in [2.24, 2.45) is 0 Å². The van der Waals surface area contributed by atoms with Gasteiger partial charge in [-0.2, -0.15) is 13.8 Å². The fourth-order valence-corrected chi connectivity index (χ4v) is 4.89. The summed E-state index contributed by atoms with van der Waals surface area (Å²) in [5.74, 6) is -5.19. The topological polar surface area (TPSA) is 171 Å². The van der Waals surface area contributed by atoms with Gasteiger partial charge < -0.3 is 29.3 Å². The summed E-state index contributed by atoms with van der Waals surface area (Å²) in [6.07, 6.45) is -5.16. The van der Waals surface area contributed by atoms with E-state index < -0.39 is 56.9 Å². The summed E-state index contributed by atoms with van der Waals surface area (Å²) >= 11 is 0. The highest BCUT2D eigenvalue weighted by atomic mass is 31.1. The molecule has 0 spiro atoms. The monoisotopic (exact) mass is 601 g/mol. The first-order valence-corrected chi connectivity index (χ1v) is 14.0. The number of alkyl halides is 2. The van der Waals surface area contributed by atoms with Crippen molar-refractivity contribution < 1.29 is 46.9 Å². The van der Waals surface area contributed by atoms with Crippen LogP contribution in [-0.2, 0) is 28.5 Å². The first-order chi connectivity index (χ1) is 19.5. The van der Waals surface area contributed by atoms with Crippen LogP contribution in [0.5, 0.6) is 5.75 Å². The number of rotatable bonds is 11. The number of hydrogen-bond acceptors (Lipinski definition) is 11. The van der Waals surface area contributed by atoms with Gasteiger partial charge in [0.25, 0.3) is 0 Å². The third-order valence-corrected chi connectivity index (χ3v) is 7.26. The number of nitrogens with one attached hydrogen (secondary N) is 2. The van der Waals surface area contributed by atoms with Crippen molar-refractivity contribution in [1.29, 1.82) is 0 Å². The Balaban J connectivity index is 1.30. The summed E-state index contributed by atoms with van der Waals surface area (Å²) in [5, 5.41) is 14.6. The summed E-state index contributed by atoms with van der Waals surface area (Å²) in [6.45, 7) is 1.31. The highest BCUT2D eigenvalue weighted by Crippen LogP contribution is 2.42. The van der Waals surface area contributed by atoms with Gasteiger partial charge in [-0.05, 0) is 51.6 Å². The number of anilines is 1. The van der Waals surface area contributed by atoms with Crippen LogP contribution in [0.25, 0.3) is 0 Å². The van der Waals surface area contributed by atoms with E-state index in [0.29, 0.717) is 11.0 Å². The smallest absolute Gasteiger partial charge is 0.354 e. The van der Waals surface area contributed by atoms with Gasteiger partial charge >= 0.3 is 25.8 Å². The summed E-state index contributed by atoms with van der Waals surface area (Å²) in [7, 11) is -1.22. The predicted octanol–water partition coefficient (Wildman–Crippen LogP) is 1.09. The van der Waals surface area contributed by atoms with Gasteiger partial charge in [-0.3, -0.25) is 18.8 Å². The molecule has 0 aliphatic carbocycles. The Morgan fingerprint density at radius 1 is 1.29 bits per heavy atom. The van der Waals surface area contributed by atoms with Crippen LogP contribution in [-0.4, -0.2) is 81.9 Å². The van der Waals surface area contributed by atoms with Crippen molar-refractivity contribution in [1.82, 2.24) is 19.7 Å². The lowest BCUT2D eigenvalue weighted by Gasteiger charge is -2.21. The van der Waals surface area contributed by atoms with Crippen molar-refractivity contribution in [3.8, 4) is 5.75 Å². The van der Waals surface area contributed by atoms with E-state index in [1.807, 2.05) is 10.2 Å². The molecule has 1 aromatic heterocycles. The number of amides is 1. The molecule has 0 saturated carbocycles. The minimum absolute atomic E-state index is 0.115. The minimum atomic E-state index is -3.93. The minimum Gasteiger partial charge on any atom is -0.433 e. The number of likely N-dealkylation sites (N-methyl/N-ethyl adjacent to an activating group) is 1. The largest absolute Gasteiger partial charge is 0.433 e. The molecule has 2 aliphatic rings. The lowest BCUT2D eigenvalue weighted by atomic mass is 10.1. The highest BCUT2D eigenvalue weighted by molar-refractivity contribution is 7.37. The van der Waals surface area contributed by atoms with Crippen LogP contribution in [0.15, 0.2) is 47.4 Å². The number of ether oxygens (including phenoxy) is 2. The Kier molecular flexibility index (Phi) is 9.84. The molecule has 3 heterocycles. The first-order valence-electron chi connectivity index (χ1n) is 12.6. The molecule has 41 heavy (non-hydrogen) atoms. The molecule has 4 rings (SSSR count). The fourth-order valence-electron chi connectivity index (χ4n) is 4.32. The molecule has 17 heteroatoms. The number of aromatic nitrogens is 2. The Morgan fingerprint density at radius 3 is 2.68 bits per heavy atom. The van der Waals surface area contributed by atoms with Gasteiger partial charge in [0.2, 0.25) is 12.1 Å². The lowest BCUT2D eigenvalue weighted by Crippen LogP contribution is -2.42. The fraction of sp³-hybridized carbons (Fsp3) is 0.500. The number of carbonyl (C=O) groups is 2. The number of nitrogens with zero attached hydrogens (tertiary/aromatic N) is 3. The second kappa shape index (κ2) is 13.1. The SMILES string of the molecule is C[C@H](OC[C@H]1O[C@@H](n2ccc(NC(=O)[C@@H]3CCCN3C)nc2=O)C(F)(F)[C@@H]1O)C(=O)ON[PH](=O)Oc1ccccc1. The molecule has 6 atom stereocenters. The van der Waals surface area contributed by atoms with Gasteiger partial charge in [0, 0.05) is 6.20 Å². The Bertz CT molecular complexity index is 1320. The number of carbonyl (C=O) groups excluding carboxylic acids is 2. The van der Waals surface area contributed by atoms with E-state index in [1.165, 1.54) is 13.0 Å². The van der Waals surface area contributed by atoms with Gasteiger partial charge in [-0.1, -0.05) is 23.4 Å². The normalized spacial score (nSPS) is 25.4. The van der Waals surface area contributed by atoms with Gasteiger partial charge in [0.05, 0.1) is 12.6 Å². The maximum absolute atomic E-state index is 14.9. The summed E-state index contributed by atoms with van der Waals surface area (Å²) < 4.78 is 57.7. The molecule has 224 valence electrons. The molecule has 2 fully saturated rings. The molecule has 0 radical (unpaired) electrons. The van der Waals surface area contributed by atoms with Crippen LogP contribution >= 0.6 is 8.18 Å². The molecule has 3 N–H and O–H groups in total. The summed E-state index contributed by atoms with van der Waals surface area (Å²) in [6, 6.07) is 8.89. The van der Waals surface area contributed by atoms with Crippen molar-refractivity contribution in [2.75, 3.05) is 25.5 Å². The summed E-state index contributed by atoms with van der Waals surface area (Å²) in [4.78, 5) is 47.3. The maximum Gasteiger partial charge on any atom is 0.354 e. The predicted molar refractivity (Wildman–Crippen MR) is 138 cm³/mol. The number of benzene rings is 1. The number of aliphatic hydroxyl groups excluding tert-OH is 1. The molecule has 2 aromatic rings. The van der Waals surface area contributed by atoms with Crippen LogP contribution < -0.4 is 20.8 Å². The molecule has 1 amide bonds. The number of halogens is 2. The first kappa shape index (κ1) is 30.7. The number of hydrogen-bond donors (Lipinski definition) is 3. The van der Waals surface area contributed by atoms with Gasteiger partial charge in [-0.25, -0.2) is 9.59 Å². The second-order valence-corrected chi connectivity index (χ2v) is 10.5. The molecular formula is C24H30F2N5O9P. The van der Waals surface area contributed by atoms with Crippen LogP contribution in [0.2, 0.25) is 0 Å². The number of likely N-dealkylation sites (tertiary alicyclic amines) is 1. The lowest BCUT2D eigenvalue weighted by molar-refractivity contribution is -0.163.